The number of carbonyl (C=O) groups is 2. The first kappa shape index (κ1) is 23.4. The molecule has 1 N–H and O–H groups in total. The Morgan fingerprint density at radius 2 is 1.94 bits per heavy atom. The molecule has 0 spiro atoms. The minimum atomic E-state index is -0.780. The van der Waals surface area contributed by atoms with Crippen LogP contribution in [-0.4, -0.2) is 47.6 Å². The molecule has 2 saturated heterocycles. The number of hydrogen-bond acceptors (Lipinski definition) is 5. The lowest BCUT2D eigenvalue weighted by atomic mass is 9.91. The maximum absolute atomic E-state index is 13.4. The largest absolute Gasteiger partial charge is 0.507 e. The highest BCUT2D eigenvalue weighted by Gasteiger charge is 2.47. The number of fused-ring (bicyclic) bond motifs is 1. The topological polar surface area (TPSA) is 76.1 Å². The predicted octanol–water partition coefficient (Wildman–Crippen LogP) is 5.49. The van der Waals surface area contributed by atoms with Crippen molar-refractivity contribution in [1.82, 2.24) is 4.90 Å². The number of aliphatic hydroxyl groups is 1. The lowest BCUT2D eigenvalue weighted by Crippen LogP contribution is -2.36. The Balaban J connectivity index is 1.71. The third-order valence-corrected chi connectivity index (χ3v) is 6.92. The van der Waals surface area contributed by atoms with Gasteiger partial charge in [-0.3, -0.25) is 9.59 Å². The second-order valence-electron chi connectivity index (χ2n) is 8.73. The summed E-state index contributed by atoms with van der Waals surface area (Å²) in [6.07, 6.45) is 1.57. The molecule has 7 heteroatoms. The molecule has 1 amide bonds. The van der Waals surface area contributed by atoms with Crippen molar-refractivity contribution in [3.8, 4) is 5.75 Å². The van der Waals surface area contributed by atoms with Crippen LogP contribution in [0.25, 0.3) is 16.5 Å². The van der Waals surface area contributed by atoms with E-state index in [4.69, 9.17) is 21.1 Å². The van der Waals surface area contributed by atoms with Gasteiger partial charge in [0.2, 0.25) is 0 Å². The van der Waals surface area contributed by atoms with Crippen LogP contribution in [0.1, 0.15) is 36.9 Å². The molecule has 2 aliphatic heterocycles. The summed E-state index contributed by atoms with van der Waals surface area (Å²) in [7, 11) is 0. The summed E-state index contributed by atoms with van der Waals surface area (Å²) in [5.74, 6) is -1.20. The summed E-state index contributed by atoms with van der Waals surface area (Å²) < 4.78 is 11.4. The molecule has 2 heterocycles. The molecule has 35 heavy (non-hydrogen) atoms. The zero-order valence-corrected chi connectivity index (χ0v) is 20.1. The maximum atomic E-state index is 13.4. The van der Waals surface area contributed by atoms with E-state index in [0.717, 1.165) is 29.2 Å². The van der Waals surface area contributed by atoms with Crippen molar-refractivity contribution >= 4 is 39.8 Å². The van der Waals surface area contributed by atoms with E-state index in [9.17, 15) is 14.7 Å². The first-order valence-corrected chi connectivity index (χ1v) is 12.2. The Kier molecular flexibility index (Phi) is 6.50. The number of rotatable bonds is 6. The van der Waals surface area contributed by atoms with E-state index < -0.39 is 17.7 Å². The number of carbonyl (C=O) groups excluding carboxylic acids is 2. The number of amides is 1. The van der Waals surface area contributed by atoms with Crippen molar-refractivity contribution in [3.05, 3.63) is 82.4 Å². The third kappa shape index (κ3) is 4.28. The van der Waals surface area contributed by atoms with Gasteiger partial charge in [-0.25, -0.2) is 0 Å². The van der Waals surface area contributed by atoms with Gasteiger partial charge in [0, 0.05) is 18.7 Å². The molecule has 2 aliphatic rings. The summed E-state index contributed by atoms with van der Waals surface area (Å²) in [5.41, 5.74) is 1.02. The van der Waals surface area contributed by atoms with E-state index in [2.05, 4.69) is 0 Å². The predicted molar refractivity (Wildman–Crippen MR) is 135 cm³/mol. The number of nitrogens with zero attached hydrogens (tertiary/aromatic N) is 1. The molecule has 5 rings (SSSR count). The number of benzene rings is 3. The van der Waals surface area contributed by atoms with Gasteiger partial charge in [0.05, 0.1) is 29.3 Å². The number of halogens is 1. The SMILES string of the molecule is CCOc1ccc(Cl)c(/C(O)=C2\C(=O)C(=O)N(CC3CCCO3)C2c2cccc3ccccc23)c1. The normalized spacial score (nSPS) is 21.7. The number of aliphatic hydroxyl groups excluding tert-OH is 1. The summed E-state index contributed by atoms with van der Waals surface area (Å²) in [4.78, 5) is 28.3. The van der Waals surface area contributed by atoms with E-state index in [1.165, 1.54) is 4.90 Å². The molecule has 6 nitrogen and oxygen atoms in total. The van der Waals surface area contributed by atoms with E-state index in [1.54, 1.807) is 18.2 Å². The zero-order chi connectivity index (χ0) is 24.5. The van der Waals surface area contributed by atoms with Crippen molar-refractivity contribution in [2.24, 2.45) is 0 Å². The first-order chi connectivity index (χ1) is 17.0. The van der Waals surface area contributed by atoms with E-state index >= 15 is 0 Å². The van der Waals surface area contributed by atoms with Crippen LogP contribution < -0.4 is 4.74 Å². The van der Waals surface area contributed by atoms with Crippen LogP contribution >= 0.6 is 11.6 Å². The van der Waals surface area contributed by atoms with Crippen LogP contribution in [0.15, 0.2) is 66.2 Å². The lowest BCUT2D eigenvalue weighted by Gasteiger charge is -2.28. The minimum Gasteiger partial charge on any atom is -0.507 e. The lowest BCUT2D eigenvalue weighted by molar-refractivity contribution is -0.140. The Morgan fingerprint density at radius 1 is 1.14 bits per heavy atom. The highest BCUT2D eigenvalue weighted by atomic mass is 35.5. The molecular weight excluding hydrogens is 466 g/mol. The quantitative estimate of drug-likeness (QED) is 0.280. The fourth-order valence-electron chi connectivity index (χ4n) is 4.98. The van der Waals surface area contributed by atoms with Gasteiger partial charge in [-0.05, 0) is 54.3 Å². The van der Waals surface area contributed by atoms with E-state index in [1.807, 2.05) is 49.4 Å². The highest BCUT2D eigenvalue weighted by molar-refractivity contribution is 6.47. The van der Waals surface area contributed by atoms with Crippen molar-refractivity contribution in [1.29, 1.82) is 0 Å². The molecular formula is C28H26ClNO5. The smallest absolute Gasteiger partial charge is 0.295 e. The number of hydrogen-bond donors (Lipinski definition) is 1. The molecule has 2 fully saturated rings. The molecule has 0 saturated carbocycles. The van der Waals surface area contributed by atoms with Crippen LogP contribution in [0.4, 0.5) is 0 Å². The van der Waals surface area contributed by atoms with Gasteiger partial charge < -0.3 is 19.5 Å². The number of ether oxygens (including phenoxy) is 2. The van der Waals surface area contributed by atoms with Gasteiger partial charge in [0.15, 0.2) is 0 Å². The summed E-state index contributed by atoms with van der Waals surface area (Å²) in [6.45, 7) is 3.18. The van der Waals surface area contributed by atoms with Crippen LogP contribution in [-0.2, 0) is 14.3 Å². The average molecular weight is 492 g/mol. The molecule has 0 aromatic heterocycles. The average Bonchev–Trinajstić information content (AvgIpc) is 3.47. The number of likely N-dealkylation sites (tertiary alicyclic amines) is 1. The molecule has 2 unspecified atom stereocenters. The fraction of sp³-hybridized carbons (Fsp3) is 0.286. The van der Waals surface area contributed by atoms with Crippen LogP contribution in [0.3, 0.4) is 0 Å². The second-order valence-corrected chi connectivity index (χ2v) is 9.14. The van der Waals surface area contributed by atoms with Crippen molar-refractivity contribution in [2.45, 2.75) is 31.9 Å². The van der Waals surface area contributed by atoms with Crippen LogP contribution in [0.5, 0.6) is 5.75 Å². The third-order valence-electron chi connectivity index (χ3n) is 6.59. The number of ketones is 1. The molecule has 2 atom stereocenters. The summed E-state index contributed by atoms with van der Waals surface area (Å²) in [6, 6.07) is 17.7. The first-order valence-electron chi connectivity index (χ1n) is 11.8. The van der Waals surface area contributed by atoms with Gasteiger partial charge in [0.25, 0.3) is 11.7 Å². The van der Waals surface area contributed by atoms with Gasteiger partial charge in [-0.1, -0.05) is 54.1 Å². The molecule has 0 aliphatic carbocycles. The minimum absolute atomic E-state index is 0.0138. The molecule has 0 radical (unpaired) electrons. The Bertz CT molecular complexity index is 1320. The van der Waals surface area contributed by atoms with Gasteiger partial charge in [-0.15, -0.1) is 0 Å². The number of Topliss-reactive ketones (excluding diaryl/α,β-unsaturated/α-hetero) is 1. The highest BCUT2D eigenvalue weighted by Crippen LogP contribution is 2.43. The summed E-state index contributed by atoms with van der Waals surface area (Å²) in [5, 5.41) is 13.6. The molecule has 3 aromatic carbocycles. The van der Waals surface area contributed by atoms with E-state index in [-0.39, 0.29) is 34.6 Å². The second kappa shape index (κ2) is 9.72. The fourth-order valence-corrected chi connectivity index (χ4v) is 5.18. The van der Waals surface area contributed by atoms with Gasteiger partial charge in [0.1, 0.15) is 11.5 Å². The Morgan fingerprint density at radius 3 is 2.71 bits per heavy atom. The van der Waals surface area contributed by atoms with Crippen molar-refractivity contribution in [3.63, 3.8) is 0 Å². The molecule has 3 aromatic rings. The molecule has 0 bridgehead atoms. The van der Waals surface area contributed by atoms with Crippen LogP contribution in [0.2, 0.25) is 5.02 Å². The zero-order valence-electron chi connectivity index (χ0n) is 19.4. The van der Waals surface area contributed by atoms with Gasteiger partial charge in [-0.2, -0.15) is 0 Å². The monoisotopic (exact) mass is 491 g/mol. The summed E-state index contributed by atoms with van der Waals surface area (Å²) >= 11 is 6.44. The molecule has 180 valence electrons. The van der Waals surface area contributed by atoms with Crippen molar-refractivity contribution < 1.29 is 24.2 Å². The van der Waals surface area contributed by atoms with Gasteiger partial charge >= 0.3 is 0 Å². The Hall–Kier alpha value is -3.35. The van der Waals surface area contributed by atoms with Crippen molar-refractivity contribution in [2.75, 3.05) is 19.8 Å². The Labute approximate surface area is 208 Å². The standard InChI is InChI=1S/C28H26ClNO5/c1-2-34-18-12-13-23(29)22(15-18)26(31)24-25(21-11-5-8-17-7-3-4-10-20(17)21)30(28(33)27(24)32)16-19-9-6-14-35-19/h3-5,7-8,10-13,15,19,25,31H,2,6,9,14,16H2,1H3/b26-24+. The van der Waals surface area contributed by atoms with Crippen LogP contribution in [0, 0.1) is 0 Å². The van der Waals surface area contributed by atoms with E-state index in [0.29, 0.717) is 19.0 Å². The maximum Gasteiger partial charge on any atom is 0.295 e.